The minimum atomic E-state index is 0.0557. The van der Waals surface area contributed by atoms with E-state index in [-0.39, 0.29) is 11.3 Å². The number of pyridine rings is 1. The van der Waals surface area contributed by atoms with Crippen molar-refractivity contribution in [1.29, 1.82) is 0 Å². The van der Waals surface area contributed by atoms with Gasteiger partial charge >= 0.3 is 0 Å². The highest BCUT2D eigenvalue weighted by Crippen LogP contribution is 2.43. The Hall–Kier alpha value is -1.42. The first-order valence-electron chi connectivity index (χ1n) is 6.05. The Kier molecular flexibility index (Phi) is 3.43. The number of hydrogen-bond donors (Lipinski definition) is 1. The van der Waals surface area contributed by atoms with Crippen LogP contribution in [0.5, 0.6) is 0 Å². The molecule has 1 heterocycles. The minimum absolute atomic E-state index is 0.0557. The molecule has 0 aromatic carbocycles. The van der Waals surface area contributed by atoms with Gasteiger partial charge in [0, 0.05) is 19.7 Å². The van der Waals surface area contributed by atoms with E-state index in [1.54, 1.807) is 18.1 Å². The van der Waals surface area contributed by atoms with Gasteiger partial charge in [-0.25, -0.2) is 4.98 Å². The van der Waals surface area contributed by atoms with Crippen molar-refractivity contribution in [3.63, 3.8) is 0 Å². The van der Waals surface area contributed by atoms with Gasteiger partial charge in [-0.05, 0) is 36.9 Å². The minimum Gasteiger partial charge on any atom is -0.330 e. The molecule has 1 saturated carbocycles. The van der Waals surface area contributed by atoms with Crippen molar-refractivity contribution < 1.29 is 4.79 Å². The number of hydrogen-bond acceptors (Lipinski definition) is 3. The summed E-state index contributed by atoms with van der Waals surface area (Å²) in [6, 6.07) is 5.57. The second-order valence-electron chi connectivity index (χ2n) is 4.88. The van der Waals surface area contributed by atoms with Crippen LogP contribution in [0.3, 0.4) is 0 Å². The summed E-state index contributed by atoms with van der Waals surface area (Å²) in [6.07, 6.45) is 5.58. The van der Waals surface area contributed by atoms with Crippen LogP contribution in [0.2, 0.25) is 0 Å². The lowest BCUT2D eigenvalue weighted by Crippen LogP contribution is -2.42. The van der Waals surface area contributed by atoms with E-state index >= 15 is 0 Å². The van der Waals surface area contributed by atoms with Gasteiger partial charge in [0.1, 0.15) is 5.82 Å². The van der Waals surface area contributed by atoms with Crippen LogP contribution in [0.25, 0.3) is 0 Å². The SMILES string of the molecule is CN(C(=O)CC1(CN)CCC1)c1ccccn1. The molecule has 1 fully saturated rings. The highest BCUT2D eigenvalue weighted by Gasteiger charge is 2.38. The number of anilines is 1. The Morgan fingerprint density at radius 2 is 2.29 bits per heavy atom. The number of rotatable bonds is 4. The Morgan fingerprint density at radius 1 is 1.53 bits per heavy atom. The summed E-state index contributed by atoms with van der Waals surface area (Å²) in [5, 5.41) is 0. The van der Waals surface area contributed by atoms with Gasteiger partial charge in [-0.1, -0.05) is 12.5 Å². The summed E-state index contributed by atoms with van der Waals surface area (Å²) >= 11 is 0. The van der Waals surface area contributed by atoms with Crippen LogP contribution in [0.4, 0.5) is 5.82 Å². The highest BCUT2D eigenvalue weighted by molar-refractivity contribution is 5.92. The fourth-order valence-electron chi connectivity index (χ4n) is 2.25. The van der Waals surface area contributed by atoms with E-state index in [0.717, 1.165) is 12.8 Å². The zero-order valence-corrected chi connectivity index (χ0v) is 10.2. The summed E-state index contributed by atoms with van der Waals surface area (Å²) in [7, 11) is 1.77. The first-order chi connectivity index (χ1) is 8.17. The van der Waals surface area contributed by atoms with Crippen molar-refractivity contribution >= 4 is 11.7 Å². The fourth-order valence-corrected chi connectivity index (χ4v) is 2.25. The maximum atomic E-state index is 12.1. The maximum Gasteiger partial charge on any atom is 0.228 e. The van der Waals surface area contributed by atoms with Crippen molar-refractivity contribution in [2.75, 3.05) is 18.5 Å². The van der Waals surface area contributed by atoms with E-state index in [0.29, 0.717) is 18.8 Å². The number of nitrogens with two attached hydrogens (primary N) is 1. The molecule has 1 amide bonds. The molecule has 1 aromatic heterocycles. The number of carbonyl (C=O) groups excluding carboxylic acids is 1. The predicted molar refractivity (Wildman–Crippen MR) is 67.6 cm³/mol. The van der Waals surface area contributed by atoms with E-state index in [2.05, 4.69) is 4.98 Å². The van der Waals surface area contributed by atoms with Crippen LogP contribution in [0, 0.1) is 5.41 Å². The smallest absolute Gasteiger partial charge is 0.228 e. The summed E-state index contributed by atoms with van der Waals surface area (Å²) in [6.45, 7) is 0.606. The highest BCUT2D eigenvalue weighted by atomic mass is 16.2. The van der Waals surface area contributed by atoms with Crippen molar-refractivity contribution in [2.45, 2.75) is 25.7 Å². The average Bonchev–Trinajstić information content (AvgIpc) is 2.33. The van der Waals surface area contributed by atoms with Gasteiger partial charge in [-0.15, -0.1) is 0 Å². The van der Waals surface area contributed by atoms with Crippen molar-refractivity contribution in [1.82, 2.24) is 4.98 Å². The van der Waals surface area contributed by atoms with Gasteiger partial charge in [0.25, 0.3) is 0 Å². The first kappa shape index (κ1) is 12.0. The normalized spacial score (nSPS) is 17.3. The van der Waals surface area contributed by atoms with Crippen molar-refractivity contribution in [3.05, 3.63) is 24.4 Å². The largest absolute Gasteiger partial charge is 0.330 e. The lowest BCUT2D eigenvalue weighted by atomic mass is 9.66. The van der Waals surface area contributed by atoms with E-state index in [1.807, 2.05) is 18.2 Å². The van der Waals surface area contributed by atoms with Crippen molar-refractivity contribution in [3.8, 4) is 0 Å². The molecule has 0 unspecified atom stereocenters. The molecule has 0 saturated heterocycles. The fraction of sp³-hybridized carbons (Fsp3) is 0.538. The Bertz CT molecular complexity index is 381. The molecule has 4 nitrogen and oxygen atoms in total. The van der Waals surface area contributed by atoms with Crippen LogP contribution in [0.1, 0.15) is 25.7 Å². The molecule has 1 aromatic rings. The standard InChI is InChI=1S/C13H19N3O/c1-16(11-5-2-3-8-15-11)12(17)9-13(10-14)6-4-7-13/h2-3,5,8H,4,6-7,9-10,14H2,1H3. The van der Waals surface area contributed by atoms with E-state index in [9.17, 15) is 4.79 Å². The molecular formula is C13H19N3O. The third kappa shape index (κ3) is 2.47. The molecule has 0 radical (unpaired) electrons. The molecule has 0 bridgehead atoms. The number of amides is 1. The molecule has 0 aliphatic heterocycles. The summed E-state index contributed by atoms with van der Waals surface area (Å²) in [4.78, 5) is 17.9. The quantitative estimate of drug-likeness (QED) is 0.858. The van der Waals surface area contributed by atoms with Crippen LogP contribution >= 0.6 is 0 Å². The molecule has 4 heteroatoms. The van der Waals surface area contributed by atoms with Gasteiger partial charge in [-0.2, -0.15) is 0 Å². The van der Waals surface area contributed by atoms with E-state index in [1.165, 1.54) is 6.42 Å². The van der Waals surface area contributed by atoms with Gasteiger partial charge < -0.3 is 5.73 Å². The van der Waals surface area contributed by atoms with Crippen LogP contribution < -0.4 is 10.6 Å². The molecule has 0 spiro atoms. The second kappa shape index (κ2) is 4.84. The van der Waals surface area contributed by atoms with Crippen LogP contribution in [-0.2, 0) is 4.79 Å². The van der Waals surface area contributed by atoms with Crippen molar-refractivity contribution in [2.24, 2.45) is 11.1 Å². The predicted octanol–water partition coefficient (Wildman–Crippen LogP) is 1.56. The van der Waals surface area contributed by atoms with Crippen LogP contribution in [-0.4, -0.2) is 24.5 Å². The van der Waals surface area contributed by atoms with Gasteiger partial charge in [0.2, 0.25) is 5.91 Å². The van der Waals surface area contributed by atoms with Crippen LogP contribution in [0.15, 0.2) is 24.4 Å². The molecule has 2 rings (SSSR count). The zero-order valence-electron chi connectivity index (χ0n) is 10.2. The Morgan fingerprint density at radius 3 is 2.76 bits per heavy atom. The monoisotopic (exact) mass is 233 g/mol. The Labute approximate surface area is 102 Å². The summed E-state index contributed by atoms with van der Waals surface area (Å²) in [5.74, 6) is 0.804. The zero-order chi connectivity index (χ0) is 12.3. The molecule has 0 atom stereocenters. The lowest BCUT2D eigenvalue weighted by Gasteiger charge is -2.41. The lowest BCUT2D eigenvalue weighted by molar-refractivity contribution is -0.121. The number of aromatic nitrogens is 1. The van der Waals surface area contributed by atoms with Gasteiger partial charge in [0.15, 0.2) is 0 Å². The van der Waals surface area contributed by atoms with Gasteiger partial charge in [-0.3, -0.25) is 9.69 Å². The molecule has 2 N–H and O–H groups in total. The number of nitrogens with zero attached hydrogens (tertiary/aromatic N) is 2. The molecule has 1 aliphatic carbocycles. The third-order valence-corrected chi connectivity index (χ3v) is 3.74. The summed E-state index contributed by atoms with van der Waals surface area (Å²) in [5.41, 5.74) is 5.83. The second-order valence-corrected chi connectivity index (χ2v) is 4.88. The maximum absolute atomic E-state index is 12.1. The van der Waals surface area contributed by atoms with E-state index < -0.39 is 0 Å². The molecule has 1 aliphatic rings. The molecule has 92 valence electrons. The van der Waals surface area contributed by atoms with Gasteiger partial charge in [0.05, 0.1) is 0 Å². The molecular weight excluding hydrogens is 214 g/mol. The third-order valence-electron chi connectivity index (χ3n) is 3.74. The first-order valence-corrected chi connectivity index (χ1v) is 6.05. The van der Waals surface area contributed by atoms with E-state index in [4.69, 9.17) is 5.73 Å². The number of carbonyl (C=O) groups is 1. The average molecular weight is 233 g/mol. The topological polar surface area (TPSA) is 59.2 Å². The molecule has 17 heavy (non-hydrogen) atoms. The summed E-state index contributed by atoms with van der Waals surface area (Å²) < 4.78 is 0. The Balaban J connectivity index is 2.01.